The Morgan fingerprint density at radius 2 is 1.93 bits per heavy atom. The summed E-state index contributed by atoms with van der Waals surface area (Å²) in [5.74, 6) is -2.30. The highest BCUT2D eigenvalue weighted by molar-refractivity contribution is 5.80. The van der Waals surface area contributed by atoms with Crippen LogP contribution < -0.4 is 10.9 Å². The largest absolute Gasteiger partial charge is 0.481 e. The van der Waals surface area contributed by atoms with Gasteiger partial charge in [0.05, 0.1) is 6.42 Å². The molecular formula is C9H18N2O4. The second kappa shape index (κ2) is 8.19. The second-order valence-electron chi connectivity index (χ2n) is 3.27. The molecule has 0 aromatic rings. The van der Waals surface area contributed by atoms with Gasteiger partial charge in [0.25, 0.3) is 0 Å². The zero-order valence-electron chi connectivity index (χ0n) is 8.82. The van der Waals surface area contributed by atoms with Crippen LogP contribution in [0.5, 0.6) is 0 Å². The first-order chi connectivity index (χ1) is 7.07. The number of carboxylic acids is 2. The molecule has 88 valence electrons. The molecule has 0 amide bonds. The van der Waals surface area contributed by atoms with Crippen LogP contribution in [0.4, 0.5) is 0 Å². The van der Waals surface area contributed by atoms with E-state index in [1.165, 1.54) is 0 Å². The van der Waals surface area contributed by atoms with Gasteiger partial charge in [-0.25, -0.2) is 5.43 Å². The number of unbranched alkanes of at least 4 members (excludes halogenated alkanes) is 2. The van der Waals surface area contributed by atoms with E-state index in [4.69, 9.17) is 10.2 Å². The number of nitrogens with one attached hydrogen (secondary N) is 2. The minimum absolute atomic E-state index is 0.434. The molecule has 0 saturated carbocycles. The van der Waals surface area contributed by atoms with E-state index in [2.05, 4.69) is 17.8 Å². The molecule has 0 fully saturated rings. The summed E-state index contributed by atoms with van der Waals surface area (Å²) in [5.41, 5.74) is 5.19. The van der Waals surface area contributed by atoms with Crippen LogP contribution in [0.25, 0.3) is 0 Å². The van der Waals surface area contributed by atoms with E-state index >= 15 is 0 Å². The van der Waals surface area contributed by atoms with Crippen molar-refractivity contribution in [2.45, 2.75) is 38.6 Å². The highest BCUT2D eigenvalue weighted by atomic mass is 16.4. The molecule has 0 rings (SSSR count). The Labute approximate surface area is 88.6 Å². The topological polar surface area (TPSA) is 98.7 Å². The number of hydrazine groups is 1. The Hall–Kier alpha value is -1.14. The highest BCUT2D eigenvalue weighted by Gasteiger charge is 2.19. The smallest absolute Gasteiger partial charge is 0.322 e. The predicted octanol–water partition coefficient (Wildman–Crippen LogP) is 0.199. The van der Waals surface area contributed by atoms with Crippen molar-refractivity contribution in [2.75, 3.05) is 6.54 Å². The second-order valence-corrected chi connectivity index (χ2v) is 3.27. The molecule has 0 spiro atoms. The van der Waals surface area contributed by atoms with Gasteiger partial charge < -0.3 is 10.2 Å². The van der Waals surface area contributed by atoms with Crippen molar-refractivity contribution < 1.29 is 19.8 Å². The van der Waals surface area contributed by atoms with E-state index in [1.807, 2.05) is 0 Å². The molecule has 0 aliphatic heterocycles. The van der Waals surface area contributed by atoms with Gasteiger partial charge in [-0.15, -0.1) is 0 Å². The summed E-state index contributed by atoms with van der Waals surface area (Å²) in [7, 11) is 0. The van der Waals surface area contributed by atoms with E-state index < -0.39 is 24.4 Å². The lowest BCUT2D eigenvalue weighted by Gasteiger charge is -2.12. The minimum Gasteiger partial charge on any atom is -0.481 e. The third-order valence-corrected chi connectivity index (χ3v) is 1.86. The van der Waals surface area contributed by atoms with Crippen molar-refractivity contribution in [3.05, 3.63) is 0 Å². The third-order valence-electron chi connectivity index (χ3n) is 1.86. The molecule has 1 unspecified atom stereocenters. The van der Waals surface area contributed by atoms with Crippen LogP contribution in [0.3, 0.4) is 0 Å². The summed E-state index contributed by atoms with van der Waals surface area (Å²) in [6.07, 6.45) is 2.64. The SMILES string of the molecule is CCCCCNNC(CC(=O)O)C(=O)O. The first kappa shape index (κ1) is 13.9. The zero-order chi connectivity index (χ0) is 11.7. The van der Waals surface area contributed by atoms with Crippen LogP contribution in [0, 0.1) is 0 Å². The van der Waals surface area contributed by atoms with Gasteiger partial charge in [0.2, 0.25) is 0 Å². The number of hydrogen-bond acceptors (Lipinski definition) is 4. The molecule has 4 N–H and O–H groups in total. The molecule has 0 radical (unpaired) electrons. The number of carbonyl (C=O) groups is 2. The molecule has 0 bridgehead atoms. The summed E-state index contributed by atoms with van der Waals surface area (Å²) < 4.78 is 0. The molecule has 6 nitrogen and oxygen atoms in total. The quantitative estimate of drug-likeness (QED) is 0.326. The minimum atomic E-state index is -1.17. The van der Waals surface area contributed by atoms with Crippen LogP contribution in [0.2, 0.25) is 0 Å². The van der Waals surface area contributed by atoms with Gasteiger partial charge >= 0.3 is 11.9 Å². The lowest BCUT2D eigenvalue weighted by Crippen LogP contribution is -2.46. The van der Waals surface area contributed by atoms with E-state index in [9.17, 15) is 9.59 Å². The van der Waals surface area contributed by atoms with Crippen molar-refractivity contribution in [1.82, 2.24) is 10.9 Å². The fourth-order valence-corrected chi connectivity index (χ4v) is 1.03. The molecule has 0 aromatic carbocycles. The van der Waals surface area contributed by atoms with E-state index in [-0.39, 0.29) is 0 Å². The van der Waals surface area contributed by atoms with Crippen LogP contribution in [0.1, 0.15) is 32.6 Å². The van der Waals surface area contributed by atoms with Crippen molar-refractivity contribution in [2.24, 2.45) is 0 Å². The van der Waals surface area contributed by atoms with Crippen LogP contribution >= 0.6 is 0 Å². The van der Waals surface area contributed by atoms with Crippen molar-refractivity contribution in [3.63, 3.8) is 0 Å². The predicted molar refractivity (Wildman–Crippen MR) is 54.3 cm³/mol. The summed E-state index contributed by atoms with van der Waals surface area (Å²) in [6, 6.07) is -1.08. The van der Waals surface area contributed by atoms with Crippen LogP contribution in [0.15, 0.2) is 0 Å². The maximum Gasteiger partial charge on any atom is 0.322 e. The summed E-state index contributed by atoms with van der Waals surface area (Å²) in [6.45, 7) is 2.70. The van der Waals surface area contributed by atoms with Crippen molar-refractivity contribution in [1.29, 1.82) is 0 Å². The van der Waals surface area contributed by atoms with Gasteiger partial charge in [0, 0.05) is 6.54 Å². The zero-order valence-corrected chi connectivity index (χ0v) is 8.82. The van der Waals surface area contributed by atoms with Gasteiger partial charge in [0.15, 0.2) is 0 Å². The summed E-state index contributed by atoms with van der Waals surface area (Å²) >= 11 is 0. The normalized spacial score (nSPS) is 12.3. The first-order valence-electron chi connectivity index (χ1n) is 5.01. The number of aliphatic carboxylic acids is 2. The first-order valence-corrected chi connectivity index (χ1v) is 5.01. The lowest BCUT2D eigenvalue weighted by atomic mass is 10.2. The monoisotopic (exact) mass is 218 g/mol. The lowest BCUT2D eigenvalue weighted by molar-refractivity contribution is -0.146. The molecule has 0 aromatic heterocycles. The van der Waals surface area contributed by atoms with E-state index in [0.717, 1.165) is 19.3 Å². The molecule has 6 heteroatoms. The number of hydrogen-bond donors (Lipinski definition) is 4. The maximum atomic E-state index is 10.6. The Morgan fingerprint density at radius 3 is 2.40 bits per heavy atom. The van der Waals surface area contributed by atoms with Crippen LogP contribution in [-0.2, 0) is 9.59 Å². The Kier molecular flexibility index (Phi) is 7.57. The van der Waals surface area contributed by atoms with Gasteiger partial charge in [-0.2, -0.15) is 0 Å². The molecule has 15 heavy (non-hydrogen) atoms. The average Bonchev–Trinajstić information content (AvgIpc) is 2.15. The molecule has 0 saturated heterocycles. The fraction of sp³-hybridized carbons (Fsp3) is 0.778. The number of rotatable bonds is 9. The summed E-state index contributed by atoms with van der Waals surface area (Å²) in [5, 5.41) is 17.1. The Bertz CT molecular complexity index is 208. The average molecular weight is 218 g/mol. The van der Waals surface area contributed by atoms with Gasteiger partial charge in [-0.3, -0.25) is 15.0 Å². The highest BCUT2D eigenvalue weighted by Crippen LogP contribution is 1.93. The molecule has 0 aliphatic rings. The van der Waals surface area contributed by atoms with Gasteiger partial charge in [0.1, 0.15) is 6.04 Å². The van der Waals surface area contributed by atoms with Gasteiger partial charge in [-0.05, 0) is 6.42 Å². The van der Waals surface area contributed by atoms with E-state index in [1.54, 1.807) is 0 Å². The Morgan fingerprint density at radius 1 is 1.27 bits per heavy atom. The summed E-state index contributed by atoms with van der Waals surface area (Å²) in [4.78, 5) is 20.9. The molecule has 0 aliphatic carbocycles. The molecule has 1 atom stereocenters. The third kappa shape index (κ3) is 7.90. The number of carboxylic acid groups (broad SMARTS) is 2. The fourth-order valence-electron chi connectivity index (χ4n) is 1.03. The Balaban J connectivity index is 3.67. The van der Waals surface area contributed by atoms with Crippen LogP contribution in [-0.4, -0.2) is 34.7 Å². The van der Waals surface area contributed by atoms with Gasteiger partial charge in [-0.1, -0.05) is 19.8 Å². The molecular weight excluding hydrogens is 200 g/mol. The van der Waals surface area contributed by atoms with Crippen molar-refractivity contribution in [3.8, 4) is 0 Å². The standard InChI is InChI=1S/C9H18N2O4/c1-2-3-4-5-10-11-7(9(14)15)6-8(12)13/h7,10-11H,2-6H2,1H3,(H,12,13)(H,14,15). The van der Waals surface area contributed by atoms with E-state index in [0.29, 0.717) is 6.54 Å². The van der Waals surface area contributed by atoms with Crippen molar-refractivity contribution >= 4 is 11.9 Å². The maximum absolute atomic E-state index is 10.6. The molecule has 0 heterocycles.